The molecule has 1 aromatic carbocycles. The van der Waals surface area contributed by atoms with Gasteiger partial charge in [0.25, 0.3) is 0 Å². The molecule has 0 aliphatic heterocycles. The Morgan fingerprint density at radius 2 is 2.33 bits per heavy atom. The van der Waals surface area contributed by atoms with Crippen LogP contribution in [0.3, 0.4) is 0 Å². The first-order chi connectivity index (χ1) is 5.72. The Labute approximate surface area is 71.8 Å². The minimum atomic E-state index is -0.0215. The number of hydrogen-bond acceptors (Lipinski definition) is 3. The highest BCUT2D eigenvalue weighted by Crippen LogP contribution is 2.18. The predicted molar refractivity (Wildman–Crippen MR) is 47.3 cm³/mol. The van der Waals surface area contributed by atoms with Crippen LogP contribution in [0.1, 0.15) is 6.92 Å². The SMILES string of the molecule is CC(CN)Oc1cccc(O)c1. The lowest BCUT2D eigenvalue weighted by molar-refractivity contribution is 0.229. The Morgan fingerprint density at radius 1 is 1.58 bits per heavy atom. The number of phenols is 1. The van der Waals surface area contributed by atoms with Crippen molar-refractivity contribution >= 4 is 0 Å². The number of benzene rings is 1. The molecule has 0 bridgehead atoms. The zero-order chi connectivity index (χ0) is 8.97. The van der Waals surface area contributed by atoms with Crippen LogP contribution in [0.2, 0.25) is 0 Å². The zero-order valence-electron chi connectivity index (χ0n) is 7.03. The van der Waals surface area contributed by atoms with Crippen LogP contribution in [-0.2, 0) is 0 Å². The number of aromatic hydroxyl groups is 1. The first-order valence-electron chi connectivity index (χ1n) is 3.88. The van der Waals surface area contributed by atoms with Gasteiger partial charge in [-0.2, -0.15) is 0 Å². The summed E-state index contributed by atoms with van der Waals surface area (Å²) in [6, 6.07) is 6.67. The molecular weight excluding hydrogens is 154 g/mol. The van der Waals surface area contributed by atoms with E-state index in [1.54, 1.807) is 24.3 Å². The van der Waals surface area contributed by atoms with Crippen LogP contribution in [-0.4, -0.2) is 17.8 Å². The molecule has 0 aromatic heterocycles. The summed E-state index contributed by atoms with van der Waals surface area (Å²) in [7, 11) is 0. The van der Waals surface area contributed by atoms with Gasteiger partial charge < -0.3 is 15.6 Å². The number of ether oxygens (including phenoxy) is 1. The molecule has 1 unspecified atom stereocenters. The molecule has 1 atom stereocenters. The van der Waals surface area contributed by atoms with Gasteiger partial charge in [0.1, 0.15) is 17.6 Å². The second-order valence-electron chi connectivity index (χ2n) is 2.66. The van der Waals surface area contributed by atoms with E-state index in [1.807, 2.05) is 6.92 Å². The summed E-state index contributed by atoms with van der Waals surface area (Å²) in [5.41, 5.74) is 5.37. The summed E-state index contributed by atoms with van der Waals surface area (Å²) in [6.07, 6.45) is -0.0215. The molecule has 0 aliphatic rings. The minimum absolute atomic E-state index is 0.0215. The minimum Gasteiger partial charge on any atom is -0.508 e. The molecule has 0 heterocycles. The van der Waals surface area contributed by atoms with Gasteiger partial charge in [-0.05, 0) is 19.1 Å². The summed E-state index contributed by atoms with van der Waals surface area (Å²) < 4.78 is 5.36. The van der Waals surface area contributed by atoms with Gasteiger partial charge in [-0.1, -0.05) is 6.07 Å². The molecular formula is C9H13NO2. The van der Waals surface area contributed by atoms with Crippen molar-refractivity contribution in [3.05, 3.63) is 24.3 Å². The predicted octanol–water partition coefficient (Wildman–Crippen LogP) is 1.12. The van der Waals surface area contributed by atoms with Crippen molar-refractivity contribution in [1.82, 2.24) is 0 Å². The van der Waals surface area contributed by atoms with Crippen molar-refractivity contribution in [3.8, 4) is 11.5 Å². The summed E-state index contributed by atoms with van der Waals surface area (Å²) >= 11 is 0. The third-order valence-corrected chi connectivity index (χ3v) is 1.49. The third kappa shape index (κ3) is 2.43. The van der Waals surface area contributed by atoms with Gasteiger partial charge in [0.05, 0.1) is 0 Å². The lowest BCUT2D eigenvalue weighted by Gasteiger charge is -2.11. The fourth-order valence-corrected chi connectivity index (χ4v) is 0.837. The Balaban J connectivity index is 2.63. The highest BCUT2D eigenvalue weighted by atomic mass is 16.5. The van der Waals surface area contributed by atoms with Crippen LogP contribution >= 0.6 is 0 Å². The Bertz CT molecular complexity index is 250. The van der Waals surface area contributed by atoms with E-state index in [0.29, 0.717) is 12.3 Å². The molecule has 3 N–H and O–H groups in total. The molecule has 12 heavy (non-hydrogen) atoms. The van der Waals surface area contributed by atoms with Crippen molar-refractivity contribution in [2.24, 2.45) is 5.73 Å². The summed E-state index contributed by atoms with van der Waals surface area (Å²) in [5.74, 6) is 0.852. The van der Waals surface area contributed by atoms with E-state index in [9.17, 15) is 0 Å². The Hall–Kier alpha value is -1.22. The normalized spacial score (nSPS) is 12.5. The van der Waals surface area contributed by atoms with Crippen LogP contribution < -0.4 is 10.5 Å². The fraction of sp³-hybridized carbons (Fsp3) is 0.333. The molecule has 1 rings (SSSR count). The molecule has 3 nitrogen and oxygen atoms in total. The van der Waals surface area contributed by atoms with Crippen LogP contribution in [0, 0.1) is 0 Å². The van der Waals surface area contributed by atoms with Crippen LogP contribution in [0.5, 0.6) is 11.5 Å². The van der Waals surface area contributed by atoms with Gasteiger partial charge in [0.2, 0.25) is 0 Å². The average Bonchev–Trinajstić information content (AvgIpc) is 2.04. The van der Waals surface area contributed by atoms with Gasteiger partial charge in [0.15, 0.2) is 0 Å². The lowest BCUT2D eigenvalue weighted by Crippen LogP contribution is -2.22. The third-order valence-electron chi connectivity index (χ3n) is 1.49. The summed E-state index contributed by atoms with van der Waals surface area (Å²) in [4.78, 5) is 0. The van der Waals surface area contributed by atoms with Crippen molar-refractivity contribution in [1.29, 1.82) is 0 Å². The van der Waals surface area contributed by atoms with E-state index in [0.717, 1.165) is 0 Å². The standard InChI is InChI=1S/C9H13NO2/c1-7(6-10)12-9-4-2-3-8(11)5-9/h2-5,7,11H,6,10H2,1H3. The summed E-state index contributed by atoms with van der Waals surface area (Å²) in [5, 5.41) is 9.09. The molecule has 66 valence electrons. The number of hydrogen-bond donors (Lipinski definition) is 2. The fourth-order valence-electron chi connectivity index (χ4n) is 0.837. The van der Waals surface area contributed by atoms with Gasteiger partial charge in [-0.25, -0.2) is 0 Å². The second-order valence-corrected chi connectivity index (χ2v) is 2.66. The van der Waals surface area contributed by atoms with E-state index in [-0.39, 0.29) is 11.9 Å². The quantitative estimate of drug-likeness (QED) is 0.709. The number of nitrogens with two attached hydrogens (primary N) is 1. The van der Waals surface area contributed by atoms with Crippen LogP contribution in [0.15, 0.2) is 24.3 Å². The molecule has 0 saturated heterocycles. The maximum atomic E-state index is 9.09. The summed E-state index contributed by atoms with van der Waals surface area (Å²) in [6.45, 7) is 2.35. The molecule has 0 spiro atoms. The van der Waals surface area contributed by atoms with Crippen molar-refractivity contribution in [3.63, 3.8) is 0 Å². The average molecular weight is 167 g/mol. The largest absolute Gasteiger partial charge is 0.508 e. The number of rotatable bonds is 3. The Kier molecular flexibility index (Phi) is 2.94. The van der Waals surface area contributed by atoms with E-state index in [4.69, 9.17) is 15.6 Å². The maximum absolute atomic E-state index is 9.09. The van der Waals surface area contributed by atoms with E-state index in [1.165, 1.54) is 0 Å². The maximum Gasteiger partial charge on any atom is 0.123 e. The van der Waals surface area contributed by atoms with E-state index < -0.39 is 0 Å². The molecule has 1 aromatic rings. The highest BCUT2D eigenvalue weighted by Gasteiger charge is 2.00. The monoisotopic (exact) mass is 167 g/mol. The molecule has 0 saturated carbocycles. The van der Waals surface area contributed by atoms with Gasteiger partial charge in [-0.15, -0.1) is 0 Å². The van der Waals surface area contributed by atoms with Crippen molar-refractivity contribution in [2.45, 2.75) is 13.0 Å². The molecule has 0 radical (unpaired) electrons. The van der Waals surface area contributed by atoms with Crippen LogP contribution in [0.25, 0.3) is 0 Å². The topological polar surface area (TPSA) is 55.5 Å². The van der Waals surface area contributed by atoms with Crippen molar-refractivity contribution in [2.75, 3.05) is 6.54 Å². The molecule has 3 heteroatoms. The lowest BCUT2D eigenvalue weighted by atomic mass is 10.3. The zero-order valence-corrected chi connectivity index (χ0v) is 7.03. The second kappa shape index (κ2) is 3.97. The van der Waals surface area contributed by atoms with Gasteiger partial charge in [0, 0.05) is 12.6 Å². The van der Waals surface area contributed by atoms with E-state index in [2.05, 4.69) is 0 Å². The molecule has 0 fully saturated rings. The first-order valence-corrected chi connectivity index (χ1v) is 3.88. The van der Waals surface area contributed by atoms with Gasteiger partial charge >= 0.3 is 0 Å². The highest BCUT2D eigenvalue weighted by molar-refractivity contribution is 5.31. The molecule has 0 amide bonds. The first kappa shape index (κ1) is 8.87. The molecule has 0 aliphatic carbocycles. The Morgan fingerprint density at radius 3 is 2.92 bits per heavy atom. The smallest absolute Gasteiger partial charge is 0.123 e. The van der Waals surface area contributed by atoms with Crippen LogP contribution in [0.4, 0.5) is 0 Å². The van der Waals surface area contributed by atoms with Crippen molar-refractivity contribution < 1.29 is 9.84 Å². The van der Waals surface area contributed by atoms with Gasteiger partial charge in [-0.3, -0.25) is 0 Å². The number of phenolic OH excluding ortho intramolecular Hbond substituents is 1. The van der Waals surface area contributed by atoms with E-state index >= 15 is 0 Å².